The largest absolute Gasteiger partial charge is 0.490 e. The average Bonchev–Trinajstić information content (AvgIpc) is 2.61. The Morgan fingerprint density at radius 2 is 1.92 bits per heavy atom. The third-order valence-electron chi connectivity index (χ3n) is 4.99. The van der Waals surface area contributed by atoms with Gasteiger partial charge in [0.05, 0.1) is 18.8 Å². The molecule has 1 aromatic carbocycles. The van der Waals surface area contributed by atoms with E-state index in [0.717, 1.165) is 57.3 Å². The van der Waals surface area contributed by atoms with Crippen LogP contribution in [0.15, 0.2) is 18.2 Å². The zero-order valence-electron chi connectivity index (χ0n) is 15.7. The van der Waals surface area contributed by atoms with Gasteiger partial charge in [0, 0.05) is 39.3 Å². The molecule has 0 aliphatic carbocycles. The van der Waals surface area contributed by atoms with E-state index < -0.39 is 0 Å². The van der Waals surface area contributed by atoms with Gasteiger partial charge in [-0.3, -0.25) is 9.69 Å². The van der Waals surface area contributed by atoms with Gasteiger partial charge in [-0.2, -0.15) is 0 Å². The van der Waals surface area contributed by atoms with Gasteiger partial charge in [-0.25, -0.2) is 0 Å². The number of piperazine rings is 1. The third-order valence-corrected chi connectivity index (χ3v) is 4.99. The lowest BCUT2D eigenvalue weighted by Gasteiger charge is -2.37. The second kappa shape index (κ2) is 8.06. The van der Waals surface area contributed by atoms with Gasteiger partial charge < -0.3 is 19.4 Å². The predicted octanol–water partition coefficient (Wildman–Crippen LogP) is 0.900. The molecule has 0 atom stereocenters. The van der Waals surface area contributed by atoms with Crippen molar-refractivity contribution in [3.05, 3.63) is 23.8 Å². The fraction of sp³-hybridized carbons (Fsp3) is 0.632. The van der Waals surface area contributed by atoms with Crippen LogP contribution in [0.5, 0.6) is 5.75 Å². The van der Waals surface area contributed by atoms with E-state index in [0.29, 0.717) is 13.2 Å². The summed E-state index contributed by atoms with van der Waals surface area (Å²) in [7, 11) is 4.20. The molecule has 6 heteroatoms. The normalized spacial score (nSPS) is 18.2. The lowest BCUT2D eigenvalue weighted by molar-refractivity contribution is -0.131. The molecule has 0 saturated carbocycles. The highest BCUT2D eigenvalue weighted by molar-refractivity contribution is 5.82. The minimum absolute atomic E-state index is 0.224. The van der Waals surface area contributed by atoms with E-state index in [-0.39, 0.29) is 5.91 Å². The topological polar surface area (TPSA) is 39.3 Å². The van der Waals surface area contributed by atoms with E-state index >= 15 is 0 Å². The van der Waals surface area contributed by atoms with Crippen LogP contribution < -0.4 is 9.64 Å². The summed E-state index contributed by atoms with van der Waals surface area (Å²) >= 11 is 0. The summed E-state index contributed by atoms with van der Waals surface area (Å²) in [6, 6.07) is 6.17. The monoisotopic (exact) mass is 346 g/mol. The number of amides is 1. The van der Waals surface area contributed by atoms with Crippen molar-refractivity contribution in [3.8, 4) is 5.75 Å². The van der Waals surface area contributed by atoms with Crippen LogP contribution in [0.4, 0.5) is 5.69 Å². The molecule has 2 aliphatic heterocycles. The number of ether oxygens (including phenoxy) is 1. The number of hydrogen-bond donors (Lipinski definition) is 0. The molecule has 1 fully saturated rings. The summed E-state index contributed by atoms with van der Waals surface area (Å²) in [4.78, 5) is 21.6. The molecule has 3 rings (SSSR count). The van der Waals surface area contributed by atoms with Gasteiger partial charge >= 0.3 is 0 Å². The second-order valence-corrected chi connectivity index (χ2v) is 7.27. The number of likely N-dealkylation sites (N-methyl/N-ethyl adjacent to an activating group) is 1. The molecule has 1 amide bonds. The molecule has 0 N–H and O–H groups in total. The van der Waals surface area contributed by atoms with Crippen LogP contribution in [0.2, 0.25) is 0 Å². The Balaban J connectivity index is 1.53. The van der Waals surface area contributed by atoms with E-state index in [1.165, 1.54) is 5.56 Å². The van der Waals surface area contributed by atoms with Crippen LogP contribution in [-0.4, -0.2) is 93.7 Å². The summed E-state index contributed by atoms with van der Waals surface area (Å²) in [5, 5.41) is 0. The number of rotatable bonds is 5. The van der Waals surface area contributed by atoms with Crippen molar-refractivity contribution in [2.75, 3.05) is 78.0 Å². The van der Waals surface area contributed by atoms with Gasteiger partial charge in [-0.05, 0) is 38.7 Å². The lowest BCUT2D eigenvalue weighted by Crippen LogP contribution is -2.52. The van der Waals surface area contributed by atoms with Gasteiger partial charge in [0.15, 0.2) is 0 Å². The molecule has 0 aromatic heterocycles. The summed E-state index contributed by atoms with van der Waals surface area (Å²) < 4.78 is 5.72. The van der Waals surface area contributed by atoms with Crippen molar-refractivity contribution < 1.29 is 9.53 Å². The first-order chi connectivity index (χ1) is 12.0. The van der Waals surface area contributed by atoms with Crippen molar-refractivity contribution in [3.63, 3.8) is 0 Å². The first kappa shape index (κ1) is 18.0. The van der Waals surface area contributed by atoms with E-state index in [1.54, 1.807) is 0 Å². The summed E-state index contributed by atoms with van der Waals surface area (Å²) in [6.45, 7) is 9.67. The number of anilines is 1. The standard InChI is InChI=1S/C19H30N4O2/c1-16-4-5-18-17(14-16)23(12-13-25-18)15-19(24)22-10-8-21(9-11-22)7-6-20(2)3/h4-5,14H,6-13,15H2,1-3H3. The van der Waals surface area contributed by atoms with Gasteiger partial charge in [-0.15, -0.1) is 0 Å². The molecule has 2 heterocycles. The SMILES string of the molecule is Cc1ccc2c(c1)N(CC(=O)N1CCN(CCN(C)C)CC1)CCO2. The van der Waals surface area contributed by atoms with Crippen LogP contribution in [0.3, 0.4) is 0 Å². The van der Waals surface area contributed by atoms with Crippen LogP contribution >= 0.6 is 0 Å². The average molecular weight is 346 g/mol. The molecule has 6 nitrogen and oxygen atoms in total. The Kier molecular flexibility index (Phi) is 5.81. The minimum Gasteiger partial charge on any atom is -0.490 e. The summed E-state index contributed by atoms with van der Waals surface area (Å²) in [6.07, 6.45) is 0. The van der Waals surface area contributed by atoms with Crippen LogP contribution in [0.25, 0.3) is 0 Å². The van der Waals surface area contributed by atoms with Crippen LogP contribution in [0.1, 0.15) is 5.56 Å². The van der Waals surface area contributed by atoms with E-state index in [1.807, 2.05) is 11.0 Å². The lowest BCUT2D eigenvalue weighted by atomic mass is 10.1. The fourth-order valence-corrected chi connectivity index (χ4v) is 3.37. The van der Waals surface area contributed by atoms with Crippen molar-refractivity contribution >= 4 is 11.6 Å². The molecule has 0 spiro atoms. The Morgan fingerprint density at radius 3 is 2.64 bits per heavy atom. The number of aryl methyl sites for hydroxylation is 1. The van der Waals surface area contributed by atoms with Gasteiger partial charge in [0.25, 0.3) is 0 Å². The highest BCUT2D eigenvalue weighted by atomic mass is 16.5. The molecule has 138 valence electrons. The van der Waals surface area contributed by atoms with Gasteiger partial charge in [-0.1, -0.05) is 6.07 Å². The van der Waals surface area contributed by atoms with Crippen molar-refractivity contribution in [1.82, 2.24) is 14.7 Å². The minimum atomic E-state index is 0.224. The first-order valence-electron chi connectivity index (χ1n) is 9.16. The summed E-state index contributed by atoms with van der Waals surface area (Å²) in [5.41, 5.74) is 2.24. The number of benzene rings is 1. The molecular weight excluding hydrogens is 316 g/mol. The fourth-order valence-electron chi connectivity index (χ4n) is 3.37. The Bertz CT molecular complexity index is 597. The molecule has 2 aliphatic rings. The zero-order chi connectivity index (χ0) is 17.8. The Morgan fingerprint density at radius 1 is 1.16 bits per heavy atom. The summed E-state index contributed by atoms with van der Waals surface area (Å²) in [5.74, 6) is 1.11. The van der Waals surface area contributed by atoms with Crippen LogP contribution in [0, 0.1) is 6.92 Å². The predicted molar refractivity (Wildman–Crippen MR) is 100 cm³/mol. The number of carbonyl (C=O) groups is 1. The highest BCUT2D eigenvalue weighted by Crippen LogP contribution is 2.32. The molecule has 0 radical (unpaired) electrons. The third kappa shape index (κ3) is 4.64. The highest BCUT2D eigenvalue weighted by Gasteiger charge is 2.25. The van der Waals surface area contributed by atoms with Crippen molar-refractivity contribution in [2.45, 2.75) is 6.92 Å². The maximum Gasteiger partial charge on any atom is 0.242 e. The molecular formula is C19H30N4O2. The van der Waals surface area contributed by atoms with E-state index in [4.69, 9.17) is 4.74 Å². The van der Waals surface area contributed by atoms with Crippen molar-refractivity contribution in [2.24, 2.45) is 0 Å². The Hall–Kier alpha value is -1.79. The smallest absolute Gasteiger partial charge is 0.242 e. The number of hydrogen-bond acceptors (Lipinski definition) is 5. The molecule has 1 aromatic rings. The van der Waals surface area contributed by atoms with Gasteiger partial charge in [0.2, 0.25) is 5.91 Å². The maximum absolute atomic E-state index is 12.8. The molecule has 0 bridgehead atoms. The molecule has 0 unspecified atom stereocenters. The quantitative estimate of drug-likeness (QED) is 0.792. The van der Waals surface area contributed by atoms with Gasteiger partial charge in [0.1, 0.15) is 12.4 Å². The van der Waals surface area contributed by atoms with Crippen LogP contribution in [-0.2, 0) is 4.79 Å². The molecule has 25 heavy (non-hydrogen) atoms. The number of fused-ring (bicyclic) bond motifs is 1. The van der Waals surface area contributed by atoms with E-state index in [9.17, 15) is 4.79 Å². The second-order valence-electron chi connectivity index (χ2n) is 7.27. The first-order valence-corrected chi connectivity index (χ1v) is 9.16. The molecule has 1 saturated heterocycles. The maximum atomic E-state index is 12.8. The Labute approximate surface area is 150 Å². The zero-order valence-corrected chi connectivity index (χ0v) is 15.7. The number of carbonyl (C=O) groups excluding carboxylic acids is 1. The van der Waals surface area contributed by atoms with Crippen molar-refractivity contribution in [1.29, 1.82) is 0 Å². The number of nitrogens with zero attached hydrogens (tertiary/aromatic N) is 4. The van der Waals surface area contributed by atoms with E-state index in [2.05, 4.69) is 47.9 Å².